The zero-order chi connectivity index (χ0) is 14.5. The molecular formula is C14H18BrClN2O2. The van der Waals surface area contributed by atoms with Gasteiger partial charge in [-0.05, 0) is 47.4 Å². The Morgan fingerprint density at radius 1 is 1.55 bits per heavy atom. The summed E-state index contributed by atoms with van der Waals surface area (Å²) >= 11 is 9.50. The molecule has 6 heteroatoms. The maximum absolute atomic E-state index is 12.6. The molecule has 1 aliphatic rings. The van der Waals surface area contributed by atoms with Gasteiger partial charge in [-0.15, -0.1) is 0 Å². The van der Waals surface area contributed by atoms with Crippen LogP contribution in [0.5, 0.6) is 0 Å². The van der Waals surface area contributed by atoms with Gasteiger partial charge < -0.3 is 15.3 Å². The Morgan fingerprint density at radius 2 is 2.35 bits per heavy atom. The Bertz CT molecular complexity index is 478. The number of carbonyl (C=O) groups excluding carboxylic acids is 1. The van der Waals surface area contributed by atoms with Crippen molar-refractivity contribution in [3.8, 4) is 0 Å². The number of hydrogen-bond donors (Lipinski definition) is 2. The lowest BCUT2D eigenvalue weighted by molar-refractivity contribution is 0.0706. The number of aliphatic hydroxyl groups is 1. The van der Waals surface area contributed by atoms with Crippen molar-refractivity contribution >= 4 is 33.4 Å². The number of rotatable bonds is 5. The van der Waals surface area contributed by atoms with Gasteiger partial charge >= 0.3 is 0 Å². The van der Waals surface area contributed by atoms with E-state index in [0.29, 0.717) is 34.2 Å². The first-order chi connectivity index (χ1) is 9.63. The van der Waals surface area contributed by atoms with Crippen molar-refractivity contribution in [3.05, 3.63) is 33.3 Å². The van der Waals surface area contributed by atoms with Crippen molar-refractivity contribution in [2.45, 2.75) is 18.9 Å². The van der Waals surface area contributed by atoms with E-state index in [9.17, 15) is 9.90 Å². The molecule has 0 saturated carbocycles. The van der Waals surface area contributed by atoms with Gasteiger partial charge in [0, 0.05) is 23.6 Å². The molecule has 2 N–H and O–H groups in total. The SMILES string of the molecule is O=C(c1cccc(Br)c1Cl)N(CCO)CC1CCCN1. The van der Waals surface area contributed by atoms with Crippen LogP contribution in [-0.4, -0.2) is 48.2 Å². The fraction of sp³-hybridized carbons (Fsp3) is 0.500. The standard InChI is InChI=1S/C14H18BrClN2O2/c15-12-5-1-4-11(13(12)16)14(20)18(7-8-19)9-10-3-2-6-17-10/h1,4-5,10,17,19H,2-3,6-9H2. The van der Waals surface area contributed by atoms with Gasteiger partial charge in [-0.2, -0.15) is 0 Å². The number of benzene rings is 1. The smallest absolute Gasteiger partial charge is 0.255 e. The van der Waals surface area contributed by atoms with Crippen molar-refractivity contribution < 1.29 is 9.90 Å². The van der Waals surface area contributed by atoms with Gasteiger partial charge in [0.15, 0.2) is 0 Å². The molecule has 1 aliphatic heterocycles. The van der Waals surface area contributed by atoms with Gasteiger partial charge in [0.2, 0.25) is 0 Å². The van der Waals surface area contributed by atoms with Crippen molar-refractivity contribution in [2.24, 2.45) is 0 Å². The van der Waals surface area contributed by atoms with Crippen LogP contribution in [0, 0.1) is 0 Å². The van der Waals surface area contributed by atoms with Crippen LogP contribution in [0.25, 0.3) is 0 Å². The summed E-state index contributed by atoms with van der Waals surface area (Å²) in [5.41, 5.74) is 0.465. The van der Waals surface area contributed by atoms with Crippen LogP contribution in [0.15, 0.2) is 22.7 Å². The first kappa shape index (κ1) is 15.8. The molecule has 0 aliphatic carbocycles. The van der Waals surface area contributed by atoms with Crippen molar-refractivity contribution in [1.82, 2.24) is 10.2 Å². The second kappa shape index (κ2) is 7.41. The fourth-order valence-electron chi connectivity index (χ4n) is 2.41. The molecule has 1 fully saturated rings. The Hall–Kier alpha value is -0.620. The minimum atomic E-state index is -0.140. The van der Waals surface area contributed by atoms with E-state index in [1.807, 2.05) is 0 Å². The molecule has 1 saturated heterocycles. The number of hydrogen-bond acceptors (Lipinski definition) is 3. The molecule has 1 atom stereocenters. The first-order valence-corrected chi connectivity index (χ1v) is 7.88. The number of aliphatic hydroxyl groups excluding tert-OH is 1. The molecule has 1 unspecified atom stereocenters. The lowest BCUT2D eigenvalue weighted by Crippen LogP contribution is -2.42. The van der Waals surface area contributed by atoms with Gasteiger partial charge in [0.25, 0.3) is 5.91 Å². The molecule has 0 radical (unpaired) electrons. The van der Waals surface area contributed by atoms with Crippen molar-refractivity contribution in [2.75, 3.05) is 26.2 Å². The Morgan fingerprint density at radius 3 is 3.00 bits per heavy atom. The van der Waals surface area contributed by atoms with E-state index in [1.165, 1.54) is 0 Å². The molecule has 1 aromatic rings. The second-order valence-corrected chi connectivity index (χ2v) is 6.10. The molecule has 110 valence electrons. The monoisotopic (exact) mass is 360 g/mol. The third-order valence-electron chi connectivity index (χ3n) is 3.44. The molecule has 0 spiro atoms. The highest BCUT2D eigenvalue weighted by molar-refractivity contribution is 9.10. The summed E-state index contributed by atoms with van der Waals surface area (Å²) in [5, 5.41) is 13.0. The molecule has 0 bridgehead atoms. The van der Waals surface area contributed by atoms with E-state index < -0.39 is 0 Å². The van der Waals surface area contributed by atoms with Gasteiger partial charge in [-0.25, -0.2) is 0 Å². The van der Waals surface area contributed by atoms with Crippen LogP contribution in [0.4, 0.5) is 0 Å². The lowest BCUT2D eigenvalue weighted by Gasteiger charge is -2.25. The van der Waals surface area contributed by atoms with Crippen molar-refractivity contribution in [3.63, 3.8) is 0 Å². The summed E-state index contributed by atoms with van der Waals surface area (Å²) in [4.78, 5) is 14.2. The average molecular weight is 362 g/mol. The molecule has 20 heavy (non-hydrogen) atoms. The summed E-state index contributed by atoms with van der Waals surface area (Å²) in [5.74, 6) is -0.140. The van der Waals surface area contributed by atoms with Crippen LogP contribution in [0.1, 0.15) is 23.2 Å². The molecule has 0 aromatic heterocycles. The maximum Gasteiger partial charge on any atom is 0.255 e. The molecular weight excluding hydrogens is 344 g/mol. The van der Waals surface area contributed by atoms with E-state index in [1.54, 1.807) is 23.1 Å². The summed E-state index contributed by atoms with van der Waals surface area (Å²) in [6.45, 7) is 1.86. The number of halogens is 2. The van der Waals surface area contributed by atoms with Crippen LogP contribution in [0.3, 0.4) is 0 Å². The van der Waals surface area contributed by atoms with Gasteiger partial charge in [-0.3, -0.25) is 4.79 Å². The minimum Gasteiger partial charge on any atom is -0.395 e. The number of nitrogens with one attached hydrogen (secondary N) is 1. The predicted molar refractivity (Wildman–Crippen MR) is 83.2 cm³/mol. The number of carbonyl (C=O) groups is 1. The van der Waals surface area contributed by atoms with Crippen molar-refractivity contribution in [1.29, 1.82) is 0 Å². The van der Waals surface area contributed by atoms with Crippen LogP contribution >= 0.6 is 27.5 Å². The van der Waals surface area contributed by atoms with Crippen LogP contribution in [0.2, 0.25) is 5.02 Å². The molecule has 2 rings (SSSR count). The third-order valence-corrected chi connectivity index (χ3v) is 4.74. The first-order valence-electron chi connectivity index (χ1n) is 6.71. The normalized spacial score (nSPS) is 18.2. The fourth-order valence-corrected chi connectivity index (χ4v) is 2.99. The lowest BCUT2D eigenvalue weighted by atomic mass is 10.1. The molecule has 1 heterocycles. The Balaban J connectivity index is 2.14. The van der Waals surface area contributed by atoms with E-state index in [2.05, 4.69) is 21.2 Å². The largest absolute Gasteiger partial charge is 0.395 e. The van der Waals surface area contributed by atoms with E-state index in [0.717, 1.165) is 19.4 Å². The predicted octanol–water partition coefficient (Wildman–Crippen LogP) is 2.29. The summed E-state index contributed by atoms with van der Waals surface area (Å²) in [6, 6.07) is 5.60. The molecule has 1 amide bonds. The summed E-state index contributed by atoms with van der Waals surface area (Å²) in [7, 11) is 0. The summed E-state index contributed by atoms with van der Waals surface area (Å²) < 4.78 is 0.702. The second-order valence-electron chi connectivity index (χ2n) is 4.87. The van der Waals surface area contributed by atoms with E-state index in [-0.39, 0.29) is 12.5 Å². The Labute approximate surface area is 132 Å². The van der Waals surface area contributed by atoms with E-state index >= 15 is 0 Å². The summed E-state index contributed by atoms with van der Waals surface area (Å²) in [6.07, 6.45) is 2.19. The average Bonchev–Trinajstić information content (AvgIpc) is 2.94. The van der Waals surface area contributed by atoms with Gasteiger partial charge in [0.1, 0.15) is 0 Å². The highest BCUT2D eigenvalue weighted by Crippen LogP contribution is 2.27. The highest BCUT2D eigenvalue weighted by atomic mass is 79.9. The zero-order valence-corrected chi connectivity index (χ0v) is 13.5. The van der Waals surface area contributed by atoms with Crippen LogP contribution < -0.4 is 5.32 Å². The zero-order valence-electron chi connectivity index (χ0n) is 11.1. The van der Waals surface area contributed by atoms with Crippen LogP contribution in [-0.2, 0) is 0 Å². The maximum atomic E-state index is 12.6. The number of amides is 1. The van der Waals surface area contributed by atoms with Gasteiger partial charge in [-0.1, -0.05) is 17.7 Å². The third kappa shape index (κ3) is 3.73. The highest BCUT2D eigenvalue weighted by Gasteiger charge is 2.23. The minimum absolute atomic E-state index is 0.0515. The van der Waals surface area contributed by atoms with Gasteiger partial charge in [0.05, 0.1) is 17.2 Å². The molecule has 1 aromatic carbocycles. The quantitative estimate of drug-likeness (QED) is 0.846. The van der Waals surface area contributed by atoms with E-state index in [4.69, 9.17) is 11.6 Å². The Kier molecular flexibility index (Phi) is 5.84. The topological polar surface area (TPSA) is 52.6 Å². The molecule has 4 nitrogen and oxygen atoms in total. The number of nitrogens with zero attached hydrogens (tertiary/aromatic N) is 1.